The lowest BCUT2D eigenvalue weighted by atomic mass is 10.2. The first-order chi connectivity index (χ1) is 14.2. The Kier molecular flexibility index (Phi) is 6.09. The summed E-state index contributed by atoms with van der Waals surface area (Å²) in [6, 6.07) is 18.8. The van der Waals surface area contributed by atoms with Crippen LogP contribution in [0.1, 0.15) is 5.56 Å². The molecule has 0 bridgehead atoms. The normalized spacial score (nSPS) is 11.5. The van der Waals surface area contributed by atoms with Gasteiger partial charge in [0.05, 0.1) is 15.5 Å². The van der Waals surface area contributed by atoms with Gasteiger partial charge in [-0.05, 0) is 49.4 Å². The second kappa shape index (κ2) is 8.56. The molecule has 0 aliphatic heterocycles. The van der Waals surface area contributed by atoms with E-state index in [4.69, 9.17) is 0 Å². The third-order valence-corrected chi connectivity index (χ3v) is 6.73. The number of carbonyl (C=O) groups is 1. The molecule has 30 heavy (non-hydrogen) atoms. The number of hydrogen-bond donors (Lipinski definition) is 3. The van der Waals surface area contributed by atoms with Crippen molar-refractivity contribution >= 4 is 37.5 Å². The molecule has 3 aromatic carbocycles. The highest BCUT2D eigenvalue weighted by Gasteiger charge is 2.18. The zero-order chi connectivity index (χ0) is 21.8. The summed E-state index contributed by atoms with van der Waals surface area (Å²) in [7, 11) is -7.85. The van der Waals surface area contributed by atoms with Crippen molar-refractivity contribution in [3.63, 3.8) is 0 Å². The lowest BCUT2D eigenvalue weighted by Crippen LogP contribution is -2.34. The Morgan fingerprint density at radius 2 is 1.30 bits per heavy atom. The number of anilines is 2. The van der Waals surface area contributed by atoms with Crippen LogP contribution >= 0.6 is 0 Å². The summed E-state index contributed by atoms with van der Waals surface area (Å²) in [5, 5.41) is 2.38. The van der Waals surface area contributed by atoms with Gasteiger partial charge in [-0.1, -0.05) is 42.0 Å². The van der Waals surface area contributed by atoms with Gasteiger partial charge in [-0.2, -0.15) is 0 Å². The fourth-order valence-electron chi connectivity index (χ4n) is 2.53. The number of hydrogen-bond acceptors (Lipinski definition) is 5. The third-order valence-electron chi connectivity index (χ3n) is 3.98. The highest BCUT2D eigenvalue weighted by molar-refractivity contribution is 7.92. The minimum atomic E-state index is -4.04. The molecule has 3 aromatic rings. The lowest BCUT2D eigenvalue weighted by Gasteiger charge is -2.11. The minimum Gasteiger partial charge on any atom is -0.307 e. The predicted molar refractivity (Wildman–Crippen MR) is 114 cm³/mol. The minimum absolute atomic E-state index is 0.0485. The molecule has 0 atom stereocenters. The van der Waals surface area contributed by atoms with Gasteiger partial charge in [0.25, 0.3) is 20.0 Å². The highest BCUT2D eigenvalue weighted by Crippen LogP contribution is 2.19. The van der Waals surface area contributed by atoms with Crippen molar-refractivity contribution in [1.82, 2.24) is 4.72 Å². The van der Waals surface area contributed by atoms with Crippen molar-refractivity contribution in [2.24, 2.45) is 0 Å². The molecule has 0 radical (unpaired) electrons. The smallest absolute Gasteiger partial charge is 0.307 e. The molecule has 8 nitrogen and oxygen atoms in total. The fraction of sp³-hybridized carbons (Fsp3) is 0.0500. The van der Waals surface area contributed by atoms with Crippen molar-refractivity contribution < 1.29 is 21.6 Å². The van der Waals surface area contributed by atoms with Crippen LogP contribution in [0.2, 0.25) is 0 Å². The molecule has 0 fully saturated rings. The molecule has 10 heteroatoms. The predicted octanol–water partition coefficient (Wildman–Crippen LogP) is 3.31. The van der Waals surface area contributed by atoms with Gasteiger partial charge in [-0.25, -0.2) is 26.4 Å². The van der Waals surface area contributed by atoms with Crippen LogP contribution in [-0.2, 0) is 20.0 Å². The number of rotatable bonds is 6. The first kappa shape index (κ1) is 21.3. The van der Waals surface area contributed by atoms with E-state index in [1.807, 2.05) is 11.6 Å². The molecule has 0 saturated heterocycles. The summed E-state index contributed by atoms with van der Waals surface area (Å²) in [6.45, 7) is 1.82. The molecule has 0 heterocycles. The zero-order valence-electron chi connectivity index (χ0n) is 15.9. The number of nitrogens with one attached hydrogen (secondary N) is 3. The van der Waals surface area contributed by atoms with Gasteiger partial charge in [0.1, 0.15) is 0 Å². The van der Waals surface area contributed by atoms with Crippen LogP contribution in [0.3, 0.4) is 0 Å². The Labute approximate surface area is 175 Å². The van der Waals surface area contributed by atoms with Gasteiger partial charge in [0.15, 0.2) is 0 Å². The van der Waals surface area contributed by atoms with Crippen LogP contribution in [0, 0.1) is 6.92 Å². The first-order valence-electron chi connectivity index (χ1n) is 8.74. The van der Waals surface area contributed by atoms with E-state index in [0.717, 1.165) is 5.56 Å². The van der Waals surface area contributed by atoms with E-state index in [1.54, 1.807) is 30.3 Å². The van der Waals surface area contributed by atoms with Gasteiger partial charge in [0, 0.05) is 5.69 Å². The standard InChI is InChI=1S/C20H19N3O5S2/c1-15-10-12-19(13-11-15)30(27,28)23-20(24)21-16-6-5-7-17(14-16)22-29(25,26)18-8-3-2-4-9-18/h2-14,22H,1H3,(H2,21,23,24). The Bertz CT molecular complexity index is 1260. The maximum absolute atomic E-state index is 12.4. The van der Waals surface area contributed by atoms with Gasteiger partial charge in [0.2, 0.25) is 0 Å². The summed E-state index contributed by atoms with van der Waals surface area (Å²) >= 11 is 0. The van der Waals surface area contributed by atoms with Gasteiger partial charge >= 0.3 is 6.03 Å². The molecule has 0 saturated carbocycles. The number of aryl methyl sites for hydroxylation is 1. The van der Waals surface area contributed by atoms with Crippen molar-refractivity contribution in [3.8, 4) is 0 Å². The van der Waals surface area contributed by atoms with E-state index < -0.39 is 26.1 Å². The Morgan fingerprint density at radius 1 is 0.700 bits per heavy atom. The number of sulfonamides is 2. The summed E-state index contributed by atoms with van der Waals surface area (Å²) in [6.07, 6.45) is 0. The number of amides is 2. The maximum atomic E-state index is 12.4. The van der Waals surface area contributed by atoms with E-state index in [9.17, 15) is 21.6 Å². The summed E-state index contributed by atoms with van der Waals surface area (Å²) in [4.78, 5) is 12.2. The molecule has 0 aliphatic rings. The molecule has 0 unspecified atom stereocenters. The van der Waals surface area contributed by atoms with Crippen molar-refractivity contribution in [1.29, 1.82) is 0 Å². The van der Waals surface area contributed by atoms with E-state index in [-0.39, 0.29) is 21.2 Å². The van der Waals surface area contributed by atoms with Crippen LogP contribution in [0.5, 0.6) is 0 Å². The molecule has 0 aliphatic carbocycles. The van der Waals surface area contributed by atoms with Crippen LogP contribution in [-0.4, -0.2) is 22.9 Å². The van der Waals surface area contributed by atoms with Crippen LogP contribution < -0.4 is 14.8 Å². The average molecular weight is 446 g/mol. The monoisotopic (exact) mass is 445 g/mol. The third kappa shape index (κ3) is 5.37. The molecule has 3 rings (SSSR count). The van der Waals surface area contributed by atoms with Gasteiger partial charge in [-0.3, -0.25) is 4.72 Å². The van der Waals surface area contributed by atoms with Gasteiger partial charge in [-0.15, -0.1) is 0 Å². The maximum Gasteiger partial charge on any atom is 0.333 e. The quantitative estimate of drug-likeness (QED) is 0.537. The molecule has 0 aromatic heterocycles. The summed E-state index contributed by atoms with van der Waals surface area (Å²) in [5.41, 5.74) is 1.30. The summed E-state index contributed by atoms with van der Waals surface area (Å²) < 4.78 is 53.7. The molecule has 3 N–H and O–H groups in total. The van der Waals surface area contributed by atoms with Crippen LogP contribution in [0.25, 0.3) is 0 Å². The van der Waals surface area contributed by atoms with E-state index in [2.05, 4.69) is 10.0 Å². The van der Waals surface area contributed by atoms with E-state index in [1.165, 1.54) is 48.5 Å². The Morgan fingerprint density at radius 3 is 1.97 bits per heavy atom. The zero-order valence-corrected chi connectivity index (χ0v) is 17.5. The highest BCUT2D eigenvalue weighted by atomic mass is 32.2. The largest absolute Gasteiger partial charge is 0.333 e. The number of urea groups is 1. The van der Waals surface area contributed by atoms with Crippen LogP contribution in [0.4, 0.5) is 16.2 Å². The fourth-order valence-corrected chi connectivity index (χ4v) is 4.51. The van der Waals surface area contributed by atoms with E-state index in [0.29, 0.717) is 0 Å². The molecule has 156 valence electrons. The molecule has 0 spiro atoms. The Hall–Kier alpha value is -3.37. The number of carbonyl (C=O) groups excluding carboxylic acids is 1. The number of benzene rings is 3. The molecular weight excluding hydrogens is 426 g/mol. The van der Waals surface area contributed by atoms with Crippen molar-refractivity contribution in [2.75, 3.05) is 10.0 Å². The first-order valence-corrected chi connectivity index (χ1v) is 11.7. The second-order valence-corrected chi connectivity index (χ2v) is 9.74. The summed E-state index contributed by atoms with van der Waals surface area (Å²) in [5.74, 6) is 0. The second-order valence-electron chi connectivity index (χ2n) is 6.37. The molecule has 2 amide bonds. The van der Waals surface area contributed by atoms with E-state index >= 15 is 0 Å². The van der Waals surface area contributed by atoms with Crippen LogP contribution in [0.15, 0.2) is 88.7 Å². The van der Waals surface area contributed by atoms with Crippen molar-refractivity contribution in [2.45, 2.75) is 16.7 Å². The van der Waals surface area contributed by atoms with Crippen molar-refractivity contribution in [3.05, 3.63) is 84.4 Å². The topological polar surface area (TPSA) is 121 Å². The lowest BCUT2D eigenvalue weighted by molar-refractivity contribution is 0.256. The molecular formula is C20H19N3O5S2. The van der Waals surface area contributed by atoms with Gasteiger partial charge < -0.3 is 5.32 Å². The SMILES string of the molecule is Cc1ccc(S(=O)(=O)NC(=O)Nc2cccc(NS(=O)(=O)c3ccccc3)c2)cc1. The average Bonchev–Trinajstić information content (AvgIpc) is 2.68. The Balaban J connectivity index is 1.70.